The molecule has 3 heterocycles. The van der Waals surface area contributed by atoms with Crippen molar-refractivity contribution in [3.8, 4) is 17.6 Å². The van der Waals surface area contributed by atoms with Gasteiger partial charge in [0, 0.05) is 26.2 Å². The van der Waals surface area contributed by atoms with Crippen LogP contribution in [0.1, 0.15) is 42.0 Å². The van der Waals surface area contributed by atoms with Crippen molar-refractivity contribution in [1.82, 2.24) is 9.47 Å². The Kier molecular flexibility index (Phi) is 7.19. The molecule has 2 aromatic rings. The third-order valence-corrected chi connectivity index (χ3v) is 7.48. The van der Waals surface area contributed by atoms with Gasteiger partial charge in [0.25, 0.3) is 11.5 Å². The molecule has 1 saturated heterocycles. The number of aromatic nitrogens is 1. The Hall–Kier alpha value is -3.29. The lowest BCUT2D eigenvalue weighted by Gasteiger charge is -2.25. The minimum atomic E-state index is -0.351. The molecule has 0 atom stereocenters. The van der Waals surface area contributed by atoms with E-state index >= 15 is 0 Å². The van der Waals surface area contributed by atoms with Gasteiger partial charge in [-0.1, -0.05) is 43.4 Å². The van der Waals surface area contributed by atoms with Gasteiger partial charge in [-0.3, -0.25) is 19.1 Å². The Labute approximate surface area is 213 Å². The molecule has 35 heavy (non-hydrogen) atoms. The summed E-state index contributed by atoms with van der Waals surface area (Å²) < 4.78 is 12.7. The molecule has 0 spiro atoms. The van der Waals surface area contributed by atoms with Crippen LogP contribution in [0.25, 0.3) is 6.08 Å². The zero-order valence-corrected chi connectivity index (χ0v) is 21.7. The average Bonchev–Trinajstić information content (AvgIpc) is 3.41. The molecule has 2 aliphatic heterocycles. The summed E-state index contributed by atoms with van der Waals surface area (Å²) in [5, 5.41) is 9.63. The third-order valence-electron chi connectivity index (χ3n) is 6.10. The summed E-state index contributed by atoms with van der Waals surface area (Å²) in [6.45, 7) is 5.07. The van der Waals surface area contributed by atoms with Gasteiger partial charge in [0.05, 0.1) is 11.4 Å². The van der Waals surface area contributed by atoms with Crippen LogP contribution in [0, 0.1) is 18.3 Å². The van der Waals surface area contributed by atoms with Gasteiger partial charge in [-0.15, -0.1) is 0 Å². The molecule has 182 valence electrons. The fourth-order valence-corrected chi connectivity index (χ4v) is 5.40. The Balaban J connectivity index is 1.71. The van der Waals surface area contributed by atoms with Crippen LogP contribution in [0.15, 0.2) is 27.9 Å². The average molecular weight is 511 g/mol. The van der Waals surface area contributed by atoms with E-state index in [1.165, 1.54) is 16.3 Å². The highest BCUT2D eigenvalue weighted by Gasteiger charge is 2.33. The molecule has 1 aromatic carbocycles. The quantitative estimate of drug-likeness (QED) is 0.409. The standard InChI is InChI=1S/C25H26N4O4S2/c1-5-6-9-27(3)22-17(15(2)18(12-26)23(30)28(22)4)11-21-24(31)29(25(34)35-21)13-16-7-8-19-20(10-16)33-14-32-19/h7-8,10-11H,5-6,9,13-14H2,1-4H3. The molecule has 10 heteroatoms. The first-order valence-corrected chi connectivity index (χ1v) is 12.5. The normalized spacial score (nSPS) is 15.7. The molecule has 1 aromatic heterocycles. The van der Waals surface area contributed by atoms with E-state index in [0.717, 1.165) is 24.9 Å². The number of carbonyl (C=O) groups is 1. The van der Waals surface area contributed by atoms with E-state index in [1.54, 1.807) is 24.9 Å². The van der Waals surface area contributed by atoms with E-state index in [1.807, 2.05) is 36.2 Å². The summed E-state index contributed by atoms with van der Waals surface area (Å²) in [5.74, 6) is 1.78. The maximum absolute atomic E-state index is 13.4. The number of thiocarbonyl (C=S) groups is 1. The van der Waals surface area contributed by atoms with E-state index in [2.05, 4.69) is 6.92 Å². The Bertz CT molecular complexity index is 1340. The number of pyridine rings is 1. The topological polar surface area (TPSA) is 87.8 Å². The van der Waals surface area contributed by atoms with Gasteiger partial charge in [0.2, 0.25) is 6.79 Å². The van der Waals surface area contributed by atoms with Gasteiger partial charge >= 0.3 is 0 Å². The fraction of sp³-hybridized carbons (Fsp3) is 0.360. The SMILES string of the molecule is CCCCN(C)c1c(C=C2SC(=S)N(Cc3ccc4c(c3)OCO4)C2=O)c(C)c(C#N)c(=O)n1C. The molecule has 4 rings (SSSR count). The zero-order valence-electron chi connectivity index (χ0n) is 20.1. The second-order valence-corrected chi connectivity index (χ2v) is 10.1. The number of unbranched alkanes of at least 4 members (excludes halogenated alkanes) is 1. The second kappa shape index (κ2) is 10.1. The Morgan fingerprint density at radius 2 is 2.03 bits per heavy atom. The highest BCUT2D eigenvalue weighted by Crippen LogP contribution is 2.38. The number of thioether (sulfide) groups is 1. The van der Waals surface area contributed by atoms with Crippen molar-refractivity contribution in [1.29, 1.82) is 5.26 Å². The Morgan fingerprint density at radius 3 is 2.74 bits per heavy atom. The highest BCUT2D eigenvalue weighted by atomic mass is 32.2. The summed E-state index contributed by atoms with van der Waals surface area (Å²) in [7, 11) is 3.57. The number of amides is 1. The lowest BCUT2D eigenvalue weighted by atomic mass is 10.0. The lowest BCUT2D eigenvalue weighted by molar-refractivity contribution is -0.122. The monoisotopic (exact) mass is 510 g/mol. The van der Waals surface area contributed by atoms with Crippen molar-refractivity contribution in [3.63, 3.8) is 0 Å². The van der Waals surface area contributed by atoms with Gasteiger partial charge in [-0.25, -0.2) is 0 Å². The van der Waals surface area contributed by atoms with E-state index in [4.69, 9.17) is 21.7 Å². The minimum absolute atomic E-state index is 0.0715. The number of fused-ring (bicyclic) bond motifs is 1. The molecule has 1 fully saturated rings. The molecular formula is C25H26N4O4S2. The van der Waals surface area contributed by atoms with E-state index in [9.17, 15) is 14.9 Å². The molecule has 1 amide bonds. The van der Waals surface area contributed by atoms with Gasteiger partial charge in [0.15, 0.2) is 11.5 Å². The number of benzene rings is 1. The number of hydrogen-bond donors (Lipinski definition) is 0. The van der Waals surface area contributed by atoms with Gasteiger partial charge in [0.1, 0.15) is 21.8 Å². The predicted octanol–water partition coefficient (Wildman–Crippen LogP) is 3.93. The van der Waals surface area contributed by atoms with Crippen molar-refractivity contribution in [2.24, 2.45) is 7.05 Å². The molecule has 0 N–H and O–H groups in total. The van der Waals surface area contributed by atoms with E-state index in [0.29, 0.717) is 44.2 Å². The maximum atomic E-state index is 13.4. The molecule has 0 unspecified atom stereocenters. The number of carbonyl (C=O) groups excluding carboxylic acids is 1. The molecule has 0 aliphatic carbocycles. The number of nitriles is 1. The highest BCUT2D eigenvalue weighted by molar-refractivity contribution is 8.26. The van der Waals surface area contributed by atoms with E-state index < -0.39 is 0 Å². The van der Waals surface area contributed by atoms with Crippen LogP contribution in [-0.2, 0) is 18.4 Å². The number of nitrogens with zero attached hydrogens (tertiary/aromatic N) is 4. The van der Waals surface area contributed by atoms with Crippen LogP contribution >= 0.6 is 24.0 Å². The predicted molar refractivity (Wildman–Crippen MR) is 141 cm³/mol. The molecule has 0 saturated carbocycles. The summed E-state index contributed by atoms with van der Waals surface area (Å²) in [5.41, 5.74) is 1.82. The molecule has 0 bridgehead atoms. The smallest absolute Gasteiger partial charge is 0.270 e. The largest absolute Gasteiger partial charge is 0.454 e. The summed E-state index contributed by atoms with van der Waals surface area (Å²) >= 11 is 6.75. The van der Waals surface area contributed by atoms with Crippen molar-refractivity contribution in [3.05, 3.63) is 55.7 Å². The first-order valence-electron chi connectivity index (χ1n) is 11.3. The summed E-state index contributed by atoms with van der Waals surface area (Å²) in [6.07, 6.45) is 3.70. The van der Waals surface area contributed by atoms with Gasteiger partial charge in [-0.05, 0) is 42.7 Å². The van der Waals surface area contributed by atoms with Crippen molar-refractivity contribution in [2.75, 3.05) is 25.3 Å². The lowest BCUT2D eigenvalue weighted by Crippen LogP contribution is -2.31. The Morgan fingerprint density at radius 1 is 1.29 bits per heavy atom. The van der Waals surface area contributed by atoms with Gasteiger partial charge < -0.3 is 14.4 Å². The first kappa shape index (κ1) is 24.8. The molecule has 0 radical (unpaired) electrons. The minimum Gasteiger partial charge on any atom is -0.454 e. The number of rotatable bonds is 7. The zero-order chi connectivity index (χ0) is 25.3. The molecule has 8 nitrogen and oxygen atoms in total. The van der Waals surface area contributed by atoms with Crippen LogP contribution in [0.3, 0.4) is 0 Å². The summed E-state index contributed by atoms with van der Waals surface area (Å²) in [4.78, 5) is 30.2. The fourth-order valence-electron chi connectivity index (χ4n) is 4.16. The van der Waals surface area contributed by atoms with Crippen LogP contribution in [0.4, 0.5) is 5.82 Å². The van der Waals surface area contributed by atoms with Crippen LogP contribution < -0.4 is 19.9 Å². The van der Waals surface area contributed by atoms with Gasteiger partial charge in [-0.2, -0.15) is 5.26 Å². The second-order valence-electron chi connectivity index (χ2n) is 8.44. The third kappa shape index (κ3) is 4.66. The maximum Gasteiger partial charge on any atom is 0.270 e. The first-order chi connectivity index (χ1) is 16.8. The van der Waals surface area contributed by atoms with Crippen molar-refractivity contribution >= 4 is 46.1 Å². The number of ether oxygens (including phenoxy) is 2. The van der Waals surface area contributed by atoms with E-state index in [-0.39, 0.29) is 23.8 Å². The number of hydrogen-bond acceptors (Lipinski definition) is 8. The number of anilines is 1. The summed E-state index contributed by atoms with van der Waals surface area (Å²) in [6, 6.07) is 7.58. The molecule has 2 aliphatic rings. The van der Waals surface area contributed by atoms with Crippen LogP contribution in [0.5, 0.6) is 11.5 Å². The van der Waals surface area contributed by atoms with Crippen molar-refractivity contribution < 1.29 is 14.3 Å². The van der Waals surface area contributed by atoms with Crippen LogP contribution in [0.2, 0.25) is 0 Å². The molecular weight excluding hydrogens is 484 g/mol. The van der Waals surface area contributed by atoms with Crippen LogP contribution in [-0.4, -0.2) is 40.1 Å². The van der Waals surface area contributed by atoms with Crippen molar-refractivity contribution in [2.45, 2.75) is 33.2 Å².